The molecule has 0 aliphatic rings. The van der Waals surface area contributed by atoms with E-state index in [9.17, 15) is 9.00 Å². The van der Waals surface area contributed by atoms with Crippen LogP contribution in [0.5, 0.6) is 0 Å². The van der Waals surface area contributed by atoms with Crippen LogP contribution in [0.15, 0.2) is 12.1 Å². The number of nitrogens with one attached hydrogen (secondary N) is 1. The van der Waals surface area contributed by atoms with Crippen molar-refractivity contribution in [1.29, 1.82) is 0 Å². The van der Waals surface area contributed by atoms with E-state index in [1.807, 2.05) is 13.8 Å². The minimum Gasteiger partial charge on any atom is -0.399 e. The second kappa shape index (κ2) is 7.29. The molecule has 0 saturated carbocycles. The van der Waals surface area contributed by atoms with Crippen molar-refractivity contribution in [2.45, 2.75) is 37.7 Å². The van der Waals surface area contributed by atoms with E-state index in [1.54, 1.807) is 6.92 Å². The first kappa shape index (κ1) is 17.3. The highest BCUT2D eigenvalue weighted by Gasteiger charge is 2.24. The van der Waals surface area contributed by atoms with Gasteiger partial charge in [0, 0.05) is 21.7 Å². The second-order valence-corrected chi connectivity index (χ2v) is 7.52. The third kappa shape index (κ3) is 4.11. The number of hydrogen-bond acceptors (Lipinski definition) is 3. The molecule has 1 rings (SSSR count). The molecule has 1 amide bonds. The molecule has 0 aromatic heterocycles. The van der Waals surface area contributed by atoms with Gasteiger partial charge in [0.15, 0.2) is 0 Å². The summed E-state index contributed by atoms with van der Waals surface area (Å²) < 4.78 is 12.1. The third-order valence-corrected chi connectivity index (χ3v) is 5.64. The number of carbonyl (C=O) groups excluding carboxylic acids is 1. The van der Waals surface area contributed by atoms with E-state index >= 15 is 0 Å². The number of rotatable bonds is 5. The van der Waals surface area contributed by atoms with Crippen molar-refractivity contribution < 1.29 is 9.00 Å². The average Bonchev–Trinajstić information content (AvgIpc) is 2.39. The van der Waals surface area contributed by atoms with Crippen LogP contribution in [-0.4, -0.2) is 20.6 Å². The van der Waals surface area contributed by atoms with Crippen molar-refractivity contribution in [2.75, 3.05) is 11.1 Å². The molecule has 0 fully saturated rings. The van der Waals surface area contributed by atoms with Crippen molar-refractivity contribution in [3.63, 3.8) is 0 Å². The van der Waals surface area contributed by atoms with Crippen LogP contribution in [0.3, 0.4) is 0 Å². The van der Waals surface area contributed by atoms with Crippen molar-refractivity contribution in [2.24, 2.45) is 0 Å². The maximum atomic E-state index is 12.1. The van der Waals surface area contributed by atoms with Crippen LogP contribution in [0.4, 0.5) is 11.4 Å². The number of anilines is 2. The molecule has 3 atom stereocenters. The van der Waals surface area contributed by atoms with Gasteiger partial charge in [0.2, 0.25) is 5.91 Å². The lowest BCUT2D eigenvalue weighted by atomic mass is 10.2. The summed E-state index contributed by atoms with van der Waals surface area (Å²) in [7, 11) is -1.25. The summed E-state index contributed by atoms with van der Waals surface area (Å²) in [5, 5.41) is 2.43. The molecule has 3 unspecified atom stereocenters. The van der Waals surface area contributed by atoms with Crippen molar-refractivity contribution in [3.8, 4) is 0 Å². The minimum absolute atomic E-state index is 0.0480. The van der Waals surface area contributed by atoms with Crippen LogP contribution in [-0.2, 0) is 15.6 Å². The van der Waals surface area contributed by atoms with Crippen LogP contribution < -0.4 is 11.1 Å². The fourth-order valence-corrected chi connectivity index (χ4v) is 3.45. The van der Waals surface area contributed by atoms with Gasteiger partial charge in [0.25, 0.3) is 0 Å². The number of nitrogen functional groups attached to an aromatic ring is 1. The van der Waals surface area contributed by atoms with Crippen LogP contribution in [0.2, 0.25) is 10.0 Å². The fraction of sp³-hybridized carbons (Fsp3) is 0.462. The van der Waals surface area contributed by atoms with Gasteiger partial charge in [-0.05, 0) is 25.5 Å². The summed E-state index contributed by atoms with van der Waals surface area (Å²) in [4.78, 5) is 12.1. The Morgan fingerprint density at radius 2 is 1.85 bits per heavy atom. The van der Waals surface area contributed by atoms with E-state index in [0.717, 1.165) is 6.42 Å². The lowest BCUT2D eigenvalue weighted by molar-refractivity contribution is -0.115. The number of hydrogen-bond donors (Lipinski definition) is 2. The summed E-state index contributed by atoms with van der Waals surface area (Å²) in [6.45, 7) is 5.40. The molecular formula is C13H18Cl2N2O2S. The highest BCUT2D eigenvalue weighted by Crippen LogP contribution is 2.33. The van der Waals surface area contributed by atoms with Gasteiger partial charge in [-0.2, -0.15) is 0 Å². The lowest BCUT2D eigenvalue weighted by Gasteiger charge is -2.17. The maximum Gasteiger partial charge on any atom is 0.239 e. The normalized spacial score (nSPS) is 15.4. The first-order valence-electron chi connectivity index (χ1n) is 6.22. The van der Waals surface area contributed by atoms with Crippen molar-refractivity contribution in [1.82, 2.24) is 0 Å². The average molecular weight is 337 g/mol. The Balaban J connectivity index is 2.89. The van der Waals surface area contributed by atoms with Crippen LogP contribution >= 0.6 is 23.2 Å². The first-order chi connectivity index (χ1) is 9.27. The number of nitrogens with two attached hydrogens (primary N) is 1. The van der Waals surface area contributed by atoms with Gasteiger partial charge in [-0.3, -0.25) is 9.00 Å². The van der Waals surface area contributed by atoms with Gasteiger partial charge in [0.1, 0.15) is 5.25 Å². The van der Waals surface area contributed by atoms with E-state index in [1.165, 1.54) is 12.1 Å². The van der Waals surface area contributed by atoms with Crippen LogP contribution in [0, 0.1) is 0 Å². The molecule has 4 nitrogen and oxygen atoms in total. The zero-order valence-corrected chi connectivity index (χ0v) is 13.9. The molecule has 112 valence electrons. The molecule has 3 N–H and O–H groups in total. The fourth-order valence-electron chi connectivity index (χ4n) is 1.56. The Morgan fingerprint density at radius 3 is 2.30 bits per heavy atom. The Hall–Kier alpha value is -0.780. The Bertz CT molecular complexity index is 514. The number of benzene rings is 1. The zero-order valence-electron chi connectivity index (χ0n) is 11.6. The summed E-state index contributed by atoms with van der Waals surface area (Å²) in [5.41, 5.74) is 6.30. The molecule has 0 aliphatic heterocycles. The molecule has 0 saturated heterocycles. The van der Waals surface area contributed by atoms with Gasteiger partial charge in [-0.15, -0.1) is 0 Å². The smallest absolute Gasteiger partial charge is 0.239 e. The quantitative estimate of drug-likeness (QED) is 0.809. The van der Waals surface area contributed by atoms with Gasteiger partial charge < -0.3 is 11.1 Å². The molecule has 0 bridgehead atoms. The molecule has 1 aromatic rings. The molecule has 1 aromatic carbocycles. The highest BCUT2D eigenvalue weighted by atomic mass is 35.5. The summed E-state index contributed by atoms with van der Waals surface area (Å²) in [6.07, 6.45) is 0.744. The standard InChI is InChI=1S/C13H18Cl2N2O2S/c1-4-7(2)20(19)8(3)13(18)17-12-10(14)5-9(16)6-11(12)15/h5-8H,4,16H2,1-3H3,(H,17,18). The van der Waals surface area contributed by atoms with Crippen LogP contribution in [0.1, 0.15) is 27.2 Å². The van der Waals surface area contributed by atoms with Gasteiger partial charge in [-0.25, -0.2) is 0 Å². The van der Waals surface area contributed by atoms with E-state index in [-0.39, 0.29) is 21.2 Å². The predicted octanol–water partition coefficient (Wildman–Crippen LogP) is 3.45. The monoisotopic (exact) mass is 336 g/mol. The van der Waals surface area contributed by atoms with Gasteiger partial charge in [-0.1, -0.05) is 37.0 Å². The second-order valence-electron chi connectivity index (χ2n) is 4.54. The first-order valence-corrected chi connectivity index (χ1v) is 8.25. The van der Waals surface area contributed by atoms with Crippen LogP contribution in [0.25, 0.3) is 0 Å². The number of halogens is 2. The Labute approximate surface area is 131 Å². The molecule has 0 heterocycles. The number of carbonyl (C=O) groups is 1. The van der Waals surface area contributed by atoms with E-state index in [2.05, 4.69) is 5.32 Å². The van der Waals surface area contributed by atoms with Gasteiger partial charge in [0.05, 0.1) is 15.7 Å². The lowest BCUT2D eigenvalue weighted by Crippen LogP contribution is -2.33. The summed E-state index contributed by atoms with van der Waals surface area (Å²) in [5.74, 6) is -0.378. The van der Waals surface area contributed by atoms with Crippen molar-refractivity contribution >= 4 is 51.3 Å². The van der Waals surface area contributed by atoms with Gasteiger partial charge >= 0.3 is 0 Å². The topological polar surface area (TPSA) is 72.2 Å². The summed E-state index contributed by atoms with van der Waals surface area (Å²) in [6, 6.07) is 3.00. The Kier molecular flexibility index (Phi) is 6.30. The largest absolute Gasteiger partial charge is 0.399 e. The van der Waals surface area contributed by atoms with E-state index < -0.39 is 16.0 Å². The Morgan fingerprint density at radius 1 is 1.35 bits per heavy atom. The van der Waals surface area contributed by atoms with E-state index in [0.29, 0.717) is 11.4 Å². The molecule has 0 aliphatic carbocycles. The molecule has 0 radical (unpaired) electrons. The maximum absolute atomic E-state index is 12.1. The van der Waals surface area contributed by atoms with E-state index in [4.69, 9.17) is 28.9 Å². The highest BCUT2D eigenvalue weighted by molar-refractivity contribution is 7.87. The molecule has 20 heavy (non-hydrogen) atoms. The SMILES string of the molecule is CCC(C)S(=O)C(C)C(=O)Nc1c(Cl)cc(N)cc1Cl. The third-order valence-electron chi connectivity index (χ3n) is 3.00. The zero-order chi connectivity index (χ0) is 15.4. The molecule has 7 heteroatoms. The predicted molar refractivity (Wildman–Crippen MR) is 86.9 cm³/mol. The summed E-state index contributed by atoms with van der Waals surface area (Å²) >= 11 is 12.0. The van der Waals surface area contributed by atoms with Crippen molar-refractivity contribution in [3.05, 3.63) is 22.2 Å². The minimum atomic E-state index is -1.25. The molecular weight excluding hydrogens is 319 g/mol. The number of amides is 1. The molecule has 0 spiro atoms.